The molecule has 1 N–H and O–H groups in total. The summed E-state index contributed by atoms with van der Waals surface area (Å²) < 4.78 is 12.1. The fraction of sp³-hybridized carbons (Fsp3) is 1.00. The molecule has 20 heavy (non-hydrogen) atoms. The minimum atomic E-state index is 0.221. The fourth-order valence-corrected chi connectivity index (χ4v) is 4.58. The Bertz CT molecular complexity index is 310. The highest BCUT2D eigenvalue weighted by Crippen LogP contribution is 2.45. The van der Waals surface area contributed by atoms with Crippen molar-refractivity contribution in [3.05, 3.63) is 0 Å². The van der Waals surface area contributed by atoms with Crippen molar-refractivity contribution < 1.29 is 9.47 Å². The van der Waals surface area contributed by atoms with Crippen LogP contribution in [0.1, 0.15) is 58.3 Å². The predicted molar refractivity (Wildman–Crippen MR) is 80.9 cm³/mol. The van der Waals surface area contributed by atoms with E-state index in [2.05, 4.69) is 12.2 Å². The molecule has 0 bridgehead atoms. The van der Waals surface area contributed by atoms with E-state index in [1.54, 1.807) is 0 Å². The quantitative estimate of drug-likeness (QED) is 0.811. The van der Waals surface area contributed by atoms with Gasteiger partial charge in [0.25, 0.3) is 0 Å². The zero-order chi connectivity index (χ0) is 14.0. The highest BCUT2D eigenvalue weighted by Gasteiger charge is 2.46. The van der Waals surface area contributed by atoms with Gasteiger partial charge in [-0.1, -0.05) is 19.8 Å². The molecule has 0 aromatic carbocycles. The van der Waals surface area contributed by atoms with Crippen LogP contribution in [0.2, 0.25) is 0 Å². The molecule has 3 unspecified atom stereocenters. The second-order valence-electron chi connectivity index (χ2n) is 7.11. The number of methoxy groups -OCH3 is 1. The Labute approximate surface area is 123 Å². The maximum absolute atomic E-state index is 6.21. The lowest BCUT2D eigenvalue weighted by molar-refractivity contribution is -0.108. The molecule has 3 atom stereocenters. The Morgan fingerprint density at radius 2 is 1.95 bits per heavy atom. The average Bonchev–Trinajstić information content (AvgIpc) is 3.21. The summed E-state index contributed by atoms with van der Waals surface area (Å²) in [6.07, 6.45) is 10.8. The van der Waals surface area contributed by atoms with Crippen molar-refractivity contribution in [3.8, 4) is 0 Å². The van der Waals surface area contributed by atoms with E-state index in [4.69, 9.17) is 9.47 Å². The maximum Gasteiger partial charge on any atom is 0.0755 e. The topological polar surface area (TPSA) is 30.5 Å². The van der Waals surface area contributed by atoms with Gasteiger partial charge >= 0.3 is 0 Å². The van der Waals surface area contributed by atoms with Crippen LogP contribution < -0.4 is 5.32 Å². The van der Waals surface area contributed by atoms with E-state index < -0.39 is 0 Å². The van der Waals surface area contributed by atoms with E-state index in [1.807, 2.05) is 7.11 Å². The van der Waals surface area contributed by atoms with E-state index in [9.17, 15) is 0 Å². The van der Waals surface area contributed by atoms with Crippen molar-refractivity contribution in [2.24, 2.45) is 11.8 Å². The van der Waals surface area contributed by atoms with Gasteiger partial charge in [0.2, 0.25) is 0 Å². The Morgan fingerprint density at radius 3 is 2.55 bits per heavy atom. The summed E-state index contributed by atoms with van der Waals surface area (Å²) in [4.78, 5) is 0. The Balaban J connectivity index is 1.69. The van der Waals surface area contributed by atoms with E-state index in [1.165, 1.54) is 51.4 Å². The molecule has 1 heterocycles. The van der Waals surface area contributed by atoms with Gasteiger partial charge in [-0.2, -0.15) is 0 Å². The van der Waals surface area contributed by atoms with Gasteiger partial charge in [0.05, 0.1) is 11.7 Å². The molecule has 3 rings (SSSR count). The third-order valence-corrected chi connectivity index (χ3v) is 5.71. The molecule has 2 saturated carbocycles. The molecular formula is C17H31NO2. The van der Waals surface area contributed by atoms with Gasteiger partial charge in [-0.25, -0.2) is 0 Å². The number of likely N-dealkylation sites (N-methyl/N-ethyl adjacent to an activating group) is 1. The third kappa shape index (κ3) is 3.05. The molecule has 2 aliphatic carbocycles. The van der Waals surface area contributed by atoms with Crippen LogP contribution in [0.3, 0.4) is 0 Å². The van der Waals surface area contributed by atoms with Gasteiger partial charge in [0, 0.05) is 19.8 Å². The van der Waals surface area contributed by atoms with Gasteiger partial charge in [-0.05, 0) is 56.9 Å². The average molecular weight is 281 g/mol. The molecule has 1 aliphatic heterocycles. The van der Waals surface area contributed by atoms with Crippen LogP contribution in [0, 0.1) is 11.8 Å². The van der Waals surface area contributed by atoms with Crippen molar-refractivity contribution in [3.63, 3.8) is 0 Å². The minimum Gasteiger partial charge on any atom is -0.380 e. The van der Waals surface area contributed by atoms with Gasteiger partial charge in [-0.15, -0.1) is 0 Å². The number of rotatable bonds is 6. The summed E-state index contributed by atoms with van der Waals surface area (Å²) in [6.45, 7) is 4.21. The summed E-state index contributed by atoms with van der Waals surface area (Å²) in [5.74, 6) is 1.53. The summed E-state index contributed by atoms with van der Waals surface area (Å²) in [5.41, 5.74) is 0.221. The molecule has 0 aromatic rings. The highest BCUT2D eigenvalue weighted by molar-refractivity contribution is 4.99. The molecule has 3 aliphatic rings. The van der Waals surface area contributed by atoms with Gasteiger partial charge in [-0.3, -0.25) is 0 Å². The first-order chi connectivity index (χ1) is 9.78. The van der Waals surface area contributed by atoms with Crippen molar-refractivity contribution in [2.45, 2.75) is 76.0 Å². The van der Waals surface area contributed by atoms with Crippen molar-refractivity contribution >= 4 is 0 Å². The van der Waals surface area contributed by atoms with E-state index in [0.717, 1.165) is 25.0 Å². The molecule has 3 heteroatoms. The van der Waals surface area contributed by atoms with Crippen LogP contribution in [0.15, 0.2) is 0 Å². The number of nitrogens with one attached hydrogen (secondary N) is 1. The first kappa shape index (κ1) is 14.8. The van der Waals surface area contributed by atoms with Crippen LogP contribution in [-0.2, 0) is 9.47 Å². The van der Waals surface area contributed by atoms with E-state index in [0.29, 0.717) is 12.1 Å². The molecule has 1 spiro atoms. The smallest absolute Gasteiger partial charge is 0.0755 e. The predicted octanol–water partition coefficient (Wildman–Crippen LogP) is 3.13. The van der Waals surface area contributed by atoms with Crippen molar-refractivity contribution in [1.29, 1.82) is 0 Å². The lowest BCUT2D eigenvalue weighted by atomic mass is 9.78. The van der Waals surface area contributed by atoms with Crippen LogP contribution in [0.25, 0.3) is 0 Å². The van der Waals surface area contributed by atoms with E-state index >= 15 is 0 Å². The van der Waals surface area contributed by atoms with Crippen molar-refractivity contribution in [2.75, 3.05) is 20.3 Å². The van der Waals surface area contributed by atoms with E-state index in [-0.39, 0.29) is 5.60 Å². The third-order valence-electron chi connectivity index (χ3n) is 5.71. The lowest BCUT2D eigenvalue weighted by Gasteiger charge is -2.43. The maximum atomic E-state index is 6.21. The van der Waals surface area contributed by atoms with Crippen LogP contribution in [0.5, 0.6) is 0 Å². The normalized spacial score (nSPS) is 32.4. The van der Waals surface area contributed by atoms with Crippen LogP contribution >= 0.6 is 0 Å². The SMILES string of the molecule is CCNC(C1CCOC2(CCCC2)C1)C(OC)C1CC1. The first-order valence-electron chi connectivity index (χ1n) is 8.68. The van der Waals surface area contributed by atoms with Gasteiger partial charge in [0.1, 0.15) is 0 Å². The van der Waals surface area contributed by atoms with Crippen LogP contribution in [0.4, 0.5) is 0 Å². The lowest BCUT2D eigenvalue weighted by Crippen LogP contribution is -2.52. The first-order valence-corrected chi connectivity index (χ1v) is 8.68. The number of hydrogen-bond donors (Lipinski definition) is 1. The Kier molecular flexibility index (Phi) is 4.68. The molecule has 3 fully saturated rings. The second-order valence-corrected chi connectivity index (χ2v) is 7.11. The molecule has 0 amide bonds. The standard InChI is InChI=1S/C17H31NO2/c1-3-18-15(16(19-2)13-6-7-13)14-8-11-20-17(12-14)9-4-5-10-17/h13-16,18H,3-12H2,1-2H3. The molecule has 1 saturated heterocycles. The van der Waals surface area contributed by atoms with Crippen LogP contribution in [-0.4, -0.2) is 38.0 Å². The summed E-state index contributed by atoms with van der Waals surface area (Å²) in [7, 11) is 1.90. The molecule has 0 aromatic heterocycles. The molecule has 116 valence electrons. The monoisotopic (exact) mass is 281 g/mol. The highest BCUT2D eigenvalue weighted by atomic mass is 16.5. The van der Waals surface area contributed by atoms with Crippen molar-refractivity contribution in [1.82, 2.24) is 5.32 Å². The molecular weight excluding hydrogens is 250 g/mol. The fourth-order valence-electron chi connectivity index (χ4n) is 4.58. The van der Waals surface area contributed by atoms with Gasteiger partial charge in [0.15, 0.2) is 0 Å². The minimum absolute atomic E-state index is 0.221. The largest absolute Gasteiger partial charge is 0.380 e. The summed E-state index contributed by atoms with van der Waals surface area (Å²) in [5, 5.41) is 3.75. The Morgan fingerprint density at radius 1 is 1.20 bits per heavy atom. The Hall–Kier alpha value is -0.120. The summed E-state index contributed by atoms with van der Waals surface area (Å²) >= 11 is 0. The van der Waals surface area contributed by atoms with Gasteiger partial charge < -0.3 is 14.8 Å². The molecule has 0 radical (unpaired) electrons. The zero-order valence-corrected chi connectivity index (χ0v) is 13.2. The summed E-state index contributed by atoms with van der Waals surface area (Å²) in [6, 6.07) is 0.527. The molecule has 3 nitrogen and oxygen atoms in total. The number of hydrogen-bond acceptors (Lipinski definition) is 3. The number of ether oxygens (including phenoxy) is 2. The second kappa shape index (κ2) is 6.33. The zero-order valence-electron chi connectivity index (χ0n) is 13.2.